The topological polar surface area (TPSA) is 60.3 Å². The van der Waals surface area contributed by atoms with Crippen molar-refractivity contribution in [1.29, 1.82) is 0 Å². The van der Waals surface area contributed by atoms with Crippen LogP contribution < -0.4 is 10.1 Å². The van der Waals surface area contributed by atoms with Crippen LogP contribution in [0.3, 0.4) is 0 Å². The van der Waals surface area contributed by atoms with Gasteiger partial charge in [-0.25, -0.2) is 4.79 Å². The fourth-order valence-corrected chi connectivity index (χ4v) is 3.47. The second-order valence-electron chi connectivity index (χ2n) is 5.99. The molecule has 5 nitrogen and oxygen atoms in total. The van der Waals surface area contributed by atoms with E-state index in [1.54, 1.807) is 30.3 Å². The number of rotatable bonds is 4. The standard InChI is InChI=1S/C21H16N2O3S/c1-23-17-6-3-2-5-14(17)13-18(23)21(25)26-16-10-8-15(9-11-16)22-20(24)19-7-4-12-27-19/h2-13H,1H3,(H,22,24). The number of anilines is 1. The van der Waals surface area contributed by atoms with Gasteiger partial charge in [0.25, 0.3) is 5.91 Å². The summed E-state index contributed by atoms with van der Waals surface area (Å²) >= 11 is 1.38. The molecular formula is C21H16N2O3S. The molecule has 6 heteroatoms. The Bertz CT molecular complexity index is 1110. The molecule has 0 radical (unpaired) electrons. The van der Waals surface area contributed by atoms with Gasteiger partial charge in [-0.1, -0.05) is 24.3 Å². The molecule has 4 rings (SSSR count). The fourth-order valence-electron chi connectivity index (χ4n) is 2.85. The SMILES string of the molecule is Cn1c(C(=O)Oc2ccc(NC(=O)c3cccs3)cc2)cc2ccccc21. The number of carbonyl (C=O) groups is 2. The van der Waals surface area contributed by atoms with Gasteiger partial charge < -0.3 is 14.6 Å². The van der Waals surface area contributed by atoms with E-state index in [9.17, 15) is 9.59 Å². The maximum atomic E-state index is 12.5. The van der Waals surface area contributed by atoms with Gasteiger partial charge in [-0.2, -0.15) is 0 Å². The van der Waals surface area contributed by atoms with E-state index in [4.69, 9.17) is 4.74 Å². The number of esters is 1. The third-order valence-electron chi connectivity index (χ3n) is 4.23. The normalized spacial score (nSPS) is 10.7. The number of para-hydroxylation sites is 1. The van der Waals surface area contributed by atoms with Gasteiger partial charge in [-0.3, -0.25) is 4.79 Å². The summed E-state index contributed by atoms with van der Waals surface area (Å²) in [4.78, 5) is 25.2. The molecule has 1 amide bonds. The lowest BCUT2D eigenvalue weighted by Gasteiger charge is -2.07. The van der Waals surface area contributed by atoms with Crippen LogP contribution in [-0.4, -0.2) is 16.4 Å². The van der Waals surface area contributed by atoms with E-state index in [-0.39, 0.29) is 5.91 Å². The number of hydrogen-bond donors (Lipinski definition) is 1. The monoisotopic (exact) mass is 376 g/mol. The van der Waals surface area contributed by atoms with Crippen molar-refractivity contribution in [1.82, 2.24) is 4.57 Å². The van der Waals surface area contributed by atoms with Crippen LogP contribution in [0.5, 0.6) is 5.75 Å². The number of hydrogen-bond acceptors (Lipinski definition) is 4. The maximum absolute atomic E-state index is 12.5. The highest BCUT2D eigenvalue weighted by molar-refractivity contribution is 7.12. The fraction of sp³-hybridized carbons (Fsp3) is 0.0476. The van der Waals surface area contributed by atoms with Crippen molar-refractivity contribution < 1.29 is 14.3 Å². The predicted octanol–water partition coefficient (Wildman–Crippen LogP) is 4.71. The van der Waals surface area contributed by atoms with Crippen molar-refractivity contribution in [2.75, 3.05) is 5.32 Å². The van der Waals surface area contributed by atoms with Gasteiger partial charge >= 0.3 is 5.97 Å². The van der Waals surface area contributed by atoms with Crippen LogP contribution in [0.25, 0.3) is 10.9 Å². The summed E-state index contributed by atoms with van der Waals surface area (Å²) < 4.78 is 7.29. The average Bonchev–Trinajstić information content (AvgIpc) is 3.32. The molecule has 2 aromatic carbocycles. The number of thiophene rings is 1. The van der Waals surface area contributed by atoms with Crippen molar-refractivity contribution in [3.63, 3.8) is 0 Å². The Morgan fingerprint density at radius 3 is 2.48 bits per heavy atom. The lowest BCUT2D eigenvalue weighted by molar-refractivity contribution is 0.0725. The number of fused-ring (bicyclic) bond motifs is 1. The van der Waals surface area contributed by atoms with Gasteiger partial charge in [0.15, 0.2) is 0 Å². The first-order valence-electron chi connectivity index (χ1n) is 8.33. The molecule has 0 unspecified atom stereocenters. The predicted molar refractivity (Wildman–Crippen MR) is 107 cm³/mol. The molecule has 0 atom stereocenters. The zero-order valence-electron chi connectivity index (χ0n) is 14.5. The summed E-state index contributed by atoms with van der Waals surface area (Å²) in [5.74, 6) is -0.173. The van der Waals surface area contributed by atoms with Gasteiger partial charge in [-0.05, 0) is 47.8 Å². The quantitative estimate of drug-likeness (QED) is 0.414. The minimum Gasteiger partial charge on any atom is -0.422 e. The molecule has 0 aliphatic heterocycles. The molecular weight excluding hydrogens is 360 g/mol. The highest BCUT2D eigenvalue weighted by atomic mass is 32.1. The van der Waals surface area contributed by atoms with Gasteiger partial charge in [0, 0.05) is 23.6 Å². The van der Waals surface area contributed by atoms with Crippen molar-refractivity contribution >= 4 is 39.8 Å². The first-order valence-corrected chi connectivity index (χ1v) is 9.21. The zero-order chi connectivity index (χ0) is 18.8. The Morgan fingerprint density at radius 1 is 1.00 bits per heavy atom. The second-order valence-corrected chi connectivity index (χ2v) is 6.94. The Morgan fingerprint density at radius 2 is 1.78 bits per heavy atom. The van der Waals surface area contributed by atoms with Crippen LogP contribution in [-0.2, 0) is 7.05 Å². The van der Waals surface area contributed by atoms with Crippen LogP contribution in [0.15, 0.2) is 72.1 Å². The summed E-state index contributed by atoms with van der Waals surface area (Å²) in [5.41, 5.74) is 2.08. The largest absolute Gasteiger partial charge is 0.422 e. The number of aromatic nitrogens is 1. The Labute approximate surface area is 159 Å². The van der Waals surface area contributed by atoms with Crippen LogP contribution >= 0.6 is 11.3 Å². The highest BCUT2D eigenvalue weighted by Gasteiger charge is 2.15. The molecule has 2 aromatic heterocycles. The second kappa shape index (κ2) is 7.09. The molecule has 0 spiro atoms. The summed E-state index contributed by atoms with van der Waals surface area (Å²) in [7, 11) is 1.84. The van der Waals surface area contributed by atoms with Crippen molar-refractivity contribution in [2.24, 2.45) is 7.05 Å². The molecule has 0 bridgehead atoms. The number of amides is 1. The van der Waals surface area contributed by atoms with E-state index >= 15 is 0 Å². The molecule has 1 N–H and O–H groups in total. The summed E-state index contributed by atoms with van der Waals surface area (Å²) in [6.45, 7) is 0. The van der Waals surface area contributed by atoms with E-state index in [2.05, 4.69) is 5.32 Å². The first kappa shape index (κ1) is 17.1. The maximum Gasteiger partial charge on any atom is 0.360 e. The minimum atomic E-state index is -0.427. The molecule has 0 fully saturated rings. The van der Waals surface area contributed by atoms with E-state index < -0.39 is 5.97 Å². The summed E-state index contributed by atoms with van der Waals surface area (Å²) in [6, 6.07) is 19.9. The molecule has 0 aliphatic rings. The molecule has 2 heterocycles. The van der Waals surface area contributed by atoms with Gasteiger partial charge in [-0.15, -0.1) is 11.3 Å². The Hall–Kier alpha value is -3.38. The number of ether oxygens (including phenoxy) is 1. The van der Waals surface area contributed by atoms with Crippen LogP contribution in [0.1, 0.15) is 20.2 Å². The number of nitrogens with one attached hydrogen (secondary N) is 1. The molecule has 0 aliphatic carbocycles. The van der Waals surface area contributed by atoms with Crippen molar-refractivity contribution in [3.8, 4) is 5.75 Å². The minimum absolute atomic E-state index is 0.162. The van der Waals surface area contributed by atoms with E-state index in [1.165, 1.54) is 11.3 Å². The summed E-state index contributed by atoms with van der Waals surface area (Å²) in [5, 5.41) is 5.65. The number of aryl methyl sites for hydroxylation is 1. The molecule has 134 valence electrons. The average molecular weight is 376 g/mol. The van der Waals surface area contributed by atoms with Crippen molar-refractivity contribution in [2.45, 2.75) is 0 Å². The number of carbonyl (C=O) groups excluding carboxylic acids is 2. The van der Waals surface area contributed by atoms with Crippen LogP contribution in [0.4, 0.5) is 5.69 Å². The van der Waals surface area contributed by atoms with Gasteiger partial charge in [0.1, 0.15) is 11.4 Å². The summed E-state index contributed by atoms with van der Waals surface area (Å²) in [6.07, 6.45) is 0. The smallest absolute Gasteiger partial charge is 0.360 e. The van der Waals surface area contributed by atoms with Gasteiger partial charge in [0.2, 0.25) is 0 Å². The lowest BCUT2D eigenvalue weighted by atomic mass is 10.2. The van der Waals surface area contributed by atoms with Crippen LogP contribution in [0, 0.1) is 0 Å². The van der Waals surface area contributed by atoms with Crippen LogP contribution in [0.2, 0.25) is 0 Å². The molecule has 4 aromatic rings. The third-order valence-corrected chi connectivity index (χ3v) is 5.10. The van der Waals surface area contributed by atoms with E-state index in [0.717, 1.165) is 10.9 Å². The Balaban J connectivity index is 1.47. The number of nitrogens with zero attached hydrogens (tertiary/aromatic N) is 1. The Kier molecular flexibility index (Phi) is 4.48. The molecule has 0 saturated heterocycles. The lowest BCUT2D eigenvalue weighted by Crippen LogP contribution is -2.13. The zero-order valence-corrected chi connectivity index (χ0v) is 15.3. The van der Waals surface area contributed by atoms with Crippen molar-refractivity contribution in [3.05, 3.63) is 82.7 Å². The highest BCUT2D eigenvalue weighted by Crippen LogP contribution is 2.22. The molecule has 0 saturated carbocycles. The van der Waals surface area contributed by atoms with E-state index in [1.807, 2.05) is 53.4 Å². The van der Waals surface area contributed by atoms with Gasteiger partial charge in [0.05, 0.1) is 4.88 Å². The number of benzene rings is 2. The first-order chi connectivity index (χ1) is 13.1. The molecule has 27 heavy (non-hydrogen) atoms. The third kappa shape index (κ3) is 3.47. The van der Waals surface area contributed by atoms with E-state index in [0.29, 0.717) is 22.0 Å².